The third-order valence-electron chi connectivity index (χ3n) is 2.68. The average Bonchev–Trinajstić information content (AvgIpc) is 2.42. The second kappa shape index (κ2) is 6.54. The molecule has 4 nitrogen and oxygen atoms in total. The fourth-order valence-corrected chi connectivity index (χ4v) is 2.12. The summed E-state index contributed by atoms with van der Waals surface area (Å²) in [6.07, 6.45) is 1.72. The Balaban J connectivity index is 2.00. The first-order valence-electron chi connectivity index (χ1n) is 5.88. The van der Waals surface area contributed by atoms with Gasteiger partial charge in [0.15, 0.2) is 0 Å². The van der Waals surface area contributed by atoms with Crippen molar-refractivity contribution >= 4 is 15.9 Å². The summed E-state index contributed by atoms with van der Waals surface area (Å²) >= 11 is 3.34. The van der Waals surface area contributed by atoms with E-state index >= 15 is 0 Å². The van der Waals surface area contributed by atoms with Crippen LogP contribution in [0.4, 0.5) is 0 Å². The number of aliphatic hydroxyl groups excluding tert-OH is 1. The van der Waals surface area contributed by atoms with Crippen molar-refractivity contribution in [2.45, 2.75) is 13.2 Å². The Hall–Kier alpha value is -1.59. The van der Waals surface area contributed by atoms with Crippen LogP contribution in [-0.4, -0.2) is 16.3 Å². The molecular formula is C14H14BrNO3. The van der Waals surface area contributed by atoms with E-state index in [1.807, 2.05) is 12.1 Å². The van der Waals surface area contributed by atoms with Gasteiger partial charge in [-0.05, 0) is 24.3 Å². The van der Waals surface area contributed by atoms with Crippen LogP contribution in [0.15, 0.2) is 51.9 Å². The minimum Gasteiger partial charge on any atom is -0.491 e. The van der Waals surface area contributed by atoms with Gasteiger partial charge in [0.25, 0.3) is 5.56 Å². The molecule has 5 heteroatoms. The van der Waals surface area contributed by atoms with E-state index in [-0.39, 0.29) is 12.2 Å². The third kappa shape index (κ3) is 3.68. The molecule has 0 fully saturated rings. The number of aliphatic hydroxyl groups is 1. The minimum absolute atomic E-state index is 0.0516. The van der Waals surface area contributed by atoms with E-state index in [9.17, 15) is 9.90 Å². The maximum Gasteiger partial charge on any atom is 0.250 e. The molecule has 0 bridgehead atoms. The maximum absolute atomic E-state index is 11.5. The third-order valence-corrected chi connectivity index (χ3v) is 3.17. The lowest BCUT2D eigenvalue weighted by Gasteiger charge is -2.11. The quantitative estimate of drug-likeness (QED) is 0.917. The summed E-state index contributed by atoms with van der Waals surface area (Å²) in [5, 5.41) is 9.25. The van der Waals surface area contributed by atoms with Crippen LogP contribution in [-0.2, 0) is 13.2 Å². The lowest BCUT2D eigenvalue weighted by molar-refractivity contribution is 0.257. The van der Waals surface area contributed by atoms with Gasteiger partial charge < -0.3 is 14.4 Å². The molecule has 2 aromatic rings. The summed E-state index contributed by atoms with van der Waals surface area (Å²) in [4.78, 5) is 11.5. The molecule has 0 aliphatic carbocycles. The van der Waals surface area contributed by atoms with Crippen LogP contribution in [0.3, 0.4) is 0 Å². The Morgan fingerprint density at radius 1 is 1.26 bits per heavy atom. The van der Waals surface area contributed by atoms with Gasteiger partial charge in [0.2, 0.25) is 0 Å². The van der Waals surface area contributed by atoms with Crippen molar-refractivity contribution in [1.29, 1.82) is 0 Å². The van der Waals surface area contributed by atoms with Crippen molar-refractivity contribution in [3.8, 4) is 5.75 Å². The van der Waals surface area contributed by atoms with Gasteiger partial charge in [0.1, 0.15) is 12.4 Å². The maximum atomic E-state index is 11.5. The molecule has 0 radical (unpaired) electrons. The largest absolute Gasteiger partial charge is 0.491 e. The Morgan fingerprint density at radius 2 is 2.11 bits per heavy atom. The zero-order valence-corrected chi connectivity index (χ0v) is 11.8. The van der Waals surface area contributed by atoms with Crippen molar-refractivity contribution in [3.05, 3.63) is 63.0 Å². The first-order valence-corrected chi connectivity index (χ1v) is 6.67. The molecule has 1 aromatic heterocycles. The van der Waals surface area contributed by atoms with Crippen LogP contribution in [0.5, 0.6) is 5.75 Å². The number of rotatable bonds is 5. The van der Waals surface area contributed by atoms with Crippen LogP contribution in [0.25, 0.3) is 0 Å². The normalized spacial score (nSPS) is 10.4. The monoisotopic (exact) mass is 323 g/mol. The molecule has 0 saturated heterocycles. The lowest BCUT2D eigenvalue weighted by Crippen LogP contribution is -2.21. The molecular weight excluding hydrogens is 310 g/mol. The topological polar surface area (TPSA) is 51.5 Å². The standard InChI is InChI=1S/C14H14BrNO3/c15-12-4-5-13(11(9-12)10-17)19-8-7-16-6-2-1-3-14(16)18/h1-6,9,17H,7-8,10H2. The van der Waals surface area contributed by atoms with E-state index in [1.165, 1.54) is 6.07 Å². The number of halogens is 1. The van der Waals surface area contributed by atoms with Crippen molar-refractivity contribution < 1.29 is 9.84 Å². The zero-order valence-electron chi connectivity index (χ0n) is 10.3. The lowest BCUT2D eigenvalue weighted by atomic mass is 10.2. The van der Waals surface area contributed by atoms with Crippen molar-refractivity contribution in [2.24, 2.45) is 0 Å². The van der Waals surface area contributed by atoms with Crippen LogP contribution >= 0.6 is 15.9 Å². The molecule has 1 aromatic carbocycles. The van der Waals surface area contributed by atoms with Gasteiger partial charge in [-0.1, -0.05) is 22.0 Å². The van der Waals surface area contributed by atoms with E-state index in [4.69, 9.17) is 4.74 Å². The molecule has 0 spiro atoms. The minimum atomic E-state index is -0.0833. The SMILES string of the molecule is O=c1ccccn1CCOc1ccc(Br)cc1CO. The van der Waals surface area contributed by atoms with E-state index in [2.05, 4.69) is 15.9 Å². The highest BCUT2D eigenvalue weighted by molar-refractivity contribution is 9.10. The second-order valence-electron chi connectivity index (χ2n) is 3.99. The predicted octanol–water partition coefficient (Wildman–Crippen LogP) is 2.18. The van der Waals surface area contributed by atoms with E-state index in [1.54, 1.807) is 29.0 Å². The first-order chi connectivity index (χ1) is 9.20. The average molecular weight is 324 g/mol. The Morgan fingerprint density at radius 3 is 2.84 bits per heavy atom. The molecule has 1 N–H and O–H groups in total. The molecule has 0 saturated carbocycles. The molecule has 19 heavy (non-hydrogen) atoms. The number of hydrogen-bond acceptors (Lipinski definition) is 3. The van der Waals surface area contributed by atoms with Gasteiger partial charge >= 0.3 is 0 Å². The number of ether oxygens (including phenoxy) is 1. The molecule has 0 aliphatic heterocycles. The smallest absolute Gasteiger partial charge is 0.250 e. The zero-order chi connectivity index (χ0) is 13.7. The highest BCUT2D eigenvalue weighted by atomic mass is 79.9. The number of pyridine rings is 1. The summed E-state index contributed by atoms with van der Waals surface area (Å²) in [6.45, 7) is 0.763. The van der Waals surface area contributed by atoms with Gasteiger partial charge in [0, 0.05) is 22.3 Å². The number of hydrogen-bond donors (Lipinski definition) is 1. The van der Waals surface area contributed by atoms with Gasteiger partial charge in [0.05, 0.1) is 13.2 Å². The van der Waals surface area contributed by atoms with Gasteiger partial charge in [-0.2, -0.15) is 0 Å². The summed E-state index contributed by atoms with van der Waals surface area (Å²) in [5.41, 5.74) is 0.666. The number of nitrogens with zero attached hydrogens (tertiary/aromatic N) is 1. The predicted molar refractivity (Wildman–Crippen MR) is 76.3 cm³/mol. The fourth-order valence-electron chi connectivity index (χ4n) is 1.71. The number of aromatic nitrogens is 1. The second-order valence-corrected chi connectivity index (χ2v) is 4.91. The fraction of sp³-hybridized carbons (Fsp3) is 0.214. The van der Waals surface area contributed by atoms with Crippen LogP contribution < -0.4 is 10.3 Å². The highest BCUT2D eigenvalue weighted by Gasteiger charge is 2.03. The summed E-state index contributed by atoms with van der Waals surface area (Å²) in [5.74, 6) is 0.634. The van der Waals surface area contributed by atoms with E-state index in [0.717, 1.165) is 10.0 Å². The first kappa shape index (κ1) is 13.8. The molecule has 0 unspecified atom stereocenters. The summed E-state index contributed by atoms with van der Waals surface area (Å²) in [6, 6.07) is 10.5. The molecule has 2 rings (SSSR count). The van der Waals surface area contributed by atoms with Crippen molar-refractivity contribution in [1.82, 2.24) is 4.57 Å². The van der Waals surface area contributed by atoms with Crippen molar-refractivity contribution in [3.63, 3.8) is 0 Å². The Labute approximate surface area is 119 Å². The molecule has 100 valence electrons. The van der Waals surface area contributed by atoms with Crippen molar-refractivity contribution in [2.75, 3.05) is 6.61 Å². The van der Waals surface area contributed by atoms with Gasteiger partial charge in [-0.25, -0.2) is 0 Å². The van der Waals surface area contributed by atoms with Crippen LogP contribution in [0.2, 0.25) is 0 Å². The summed E-state index contributed by atoms with van der Waals surface area (Å²) < 4.78 is 8.07. The Kier molecular flexibility index (Phi) is 4.76. The molecule has 1 heterocycles. The Bertz CT molecular complexity index is 610. The van der Waals surface area contributed by atoms with E-state index < -0.39 is 0 Å². The van der Waals surface area contributed by atoms with Gasteiger partial charge in [-0.15, -0.1) is 0 Å². The molecule has 0 atom stereocenters. The highest BCUT2D eigenvalue weighted by Crippen LogP contribution is 2.23. The van der Waals surface area contributed by atoms with E-state index in [0.29, 0.717) is 18.9 Å². The molecule has 0 aliphatic rings. The van der Waals surface area contributed by atoms with Crippen LogP contribution in [0, 0.1) is 0 Å². The molecule has 0 amide bonds. The summed E-state index contributed by atoms with van der Waals surface area (Å²) in [7, 11) is 0. The number of benzene rings is 1. The van der Waals surface area contributed by atoms with Crippen LogP contribution in [0.1, 0.15) is 5.56 Å². The van der Waals surface area contributed by atoms with Gasteiger partial charge in [-0.3, -0.25) is 4.79 Å².